The zero-order chi connectivity index (χ0) is 9.68. The number of rotatable bonds is 3. The Morgan fingerprint density at radius 3 is 2.62 bits per heavy atom. The van der Waals surface area contributed by atoms with Crippen LogP contribution in [0.5, 0.6) is 0 Å². The normalized spacial score (nSPS) is 19.6. The Hall–Kier alpha value is -1.08. The van der Waals surface area contributed by atoms with Gasteiger partial charge in [0.25, 0.3) is 0 Å². The number of piperidine rings is 1. The molecule has 0 radical (unpaired) electrons. The number of nitrogens with zero attached hydrogens (tertiary/aromatic N) is 2. The molecule has 0 aromatic carbocycles. The Morgan fingerprint density at radius 2 is 2.15 bits per heavy atom. The summed E-state index contributed by atoms with van der Waals surface area (Å²) in [5.41, 5.74) is 5.11. The smallest absolute Gasteiger partial charge is 0.217 e. The van der Waals surface area contributed by atoms with Crippen LogP contribution in [0.25, 0.3) is 0 Å². The van der Waals surface area contributed by atoms with Crippen LogP contribution in [-0.4, -0.2) is 30.4 Å². The van der Waals surface area contributed by atoms with Gasteiger partial charge in [-0.2, -0.15) is 5.26 Å². The highest BCUT2D eigenvalue weighted by molar-refractivity contribution is 5.73. The van der Waals surface area contributed by atoms with Crippen molar-refractivity contribution in [2.75, 3.05) is 19.6 Å². The van der Waals surface area contributed by atoms with E-state index in [-0.39, 0.29) is 5.91 Å². The fraction of sp³-hybridized carbons (Fsp3) is 0.778. The first kappa shape index (κ1) is 10.0. The lowest BCUT2D eigenvalue weighted by atomic mass is 9.93. The van der Waals surface area contributed by atoms with E-state index in [0.29, 0.717) is 18.9 Å². The van der Waals surface area contributed by atoms with Gasteiger partial charge in [-0.1, -0.05) is 0 Å². The van der Waals surface area contributed by atoms with Gasteiger partial charge in [0, 0.05) is 6.42 Å². The van der Waals surface area contributed by atoms with E-state index in [1.807, 2.05) is 0 Å². The zero-order valence-electron chi connectivity index (χ0n) is 7.70. The van der Waals surface area contributed by atoms with Crippen LogP contribution in [0, 0.1) is 17.2 Å². The van der Waals surface area contributed by atoms with Crippen LogP contribution in [0.15, 0.2) is 0 Å². The van der Waals surface area contributed by atoms with Gasteiger partial charge in [0.2, 0.25) is 5.91 Å². The van der Waals surface area contributed by atoms with Gasteiger partial charge in [-0.15, -0.1) is 0 Å². The maximum atomic E-state index is 10.6. The minimum Gasteiger partial charge on any atom is -0.370 e. The number of hydrogen-bond acceptors (Lipinski definition) is 3. The van der Waals surface area contributed by atoms with Crippen LogP contribution in [0.3, 0.4) is 0 Å². The molecule has 72 valence electrons. The average molecular weight is 181 g/mol. The summed E-state index contributed by atoms with van der Waals surface area (Å²) in [4.78, 5) is 12.7. The molecule has 2 N–H and O–H groups in total. The van der Waals surface area contributed by atoms with Crippen molar-refractivity contribution in [2.24, 2.45) is 11.7 Å². The van der Waals surface area contributed by atoms with Gasteiger partial charge < -0.3 is 5.73 Å². The molecule has 0 bridgehead atoms. The molecule has 0 unspecified atom stereocenters. The second kappa shape index (κ2) is 4.83. The van der Waals surface area contributed by atoms with Crippen molar-refractivity contribution in [1.29, 1.82) is 5.26 Å². The molecule has 1 fully saturated rings. The second-order valence-electron chi connectivity index (χ2n) is 3.55. The first-order valence-corrected chi connectivity index (χ1v) is 4.60. The second-order valence-corrected chi connectivity index (χ2v) is 3.55. The quantitative estimate of drug-likeness (QED) is 0.628. The number of carbonyl (C=O) groups excluding carboxylic acids is 1. The lowest BCUT2D eigenvalue weighted by Crippen LogP contribution is -2.35. The molecule has 4 heteroatoms. The fourth-order valence-electron chi connectivity index (χ4n) is 1.73. The monoisotopic (exact) mass is 181 g/mol. The molecule has 13 heavy (non-hydrogen) atoms. The summed E-state index contributed by atoms with van der Waals surface area (Å²) < 4.78 is 0. The summed E-state index contributed by atoms with van der Waals surface area (Å²) in [5, 5.41) is 8.46. The molecule has 1 aliphatic rings. The van der Waals surface area contributed by atoms with Crippen LogP contribution in [0.4, 0.5) is 0 Å². The van der Waals surface area contributed by atoms with E-state index < -0.39 is 0 Å². The van der Waals surface area contributed by atoms with Gasteiger partial charge in [0.1, 0.15) is 0 Å². The van der Waals surface area contributed by atoms with Gasteiger partial charge >= 0.3 is 0 Å². The van der Waals surface area contributed by atoms with Gasteiger partial charge in [0.15, 0.2) is 0 Å². The number of primary amides is 1. The number of amides is 1. The molecular formula is C9H15N3O. The van der Waals surface area contributed by atoms with Crippen molar-refractivity contribution in [3.05, 3.63) is 0 Å². The molecule has 1 rings (SSSR count). The Balaban J connectivity index is 2.23. The maximum absolute atomic E-state index is 10.6. The van der Waals surface area contributed by atoms with E-state index in [9.17, 15) is 4.79 Å². The van der Waals surface area contributed by atoms with E-state index in [1.165, 1.54) is 0 Å². The summed E-state index contributed by atoms with van der Waals surface area (Å²) in [6.45, 7) is 2.35. The Kier molecular flexibility index (Phi) is 3.71. The van der Waals surface area contributed by atoms with Crippen LogP contribution in [0.1, 0.15) is 19.3 Å². The Morgan fingerprint density at radius 1 is 1.54 bits per heavy atom. The van der Waals surface area contributed by atoms with Crippen molar-refractivity contribution in [2.45, 2.75) is 19.3 Å². The van der Waals surface area contributed by atoms with Crippen LogP contribution >= 0.6 is 0 Å². The first-order chi connectivity index (χ1) is 6.22. The van der Waals surface area contributed by atoms with E-state index in [0.717, 1.165) is 25.9 Å². The number of nitrogens with two attached hydrogens (primary N) is 1. The molecule has 0 atom stereocenters. The predicted octanol–water partition coefficient (Wildman–Crippen LogP) is 0.0974. The largest absolute Gasteiger partial charge is 0.370 e. The maximum Gasteiger partial charge on any atom is 0.217 e. The lowest BCUT2D eigenvalue weighted by Gasteiger charge is -2.29. The highest BCUT2D eigenvalue weighted by atomic mass is 16.1. The van der Waals surface area contributed by atoms with Crippen molar-refractivity contribution in [1.82, 2.24) is 4.90 Å². The highest BCUT2D eigenvalue weighted by Gasteiger charge is 2.19. The Bertz CT molecular complexity index is 213. The molecule has 0 aliphatic carbocycles. The molecular weight excluding hydrogens is 166 g/mol. The highest BCUT2D eigenvalue weighted by Crippen LogP contribution is 2.19. The van der Waals surface area contributed by atoms with Crippen molar-refractivity contribution in [3.63, 3.8) is 0 Å². The van der Waals surface area contributed by atoms with E-state index in [2.05, 4.69) is 11.0 Å². The first-order valence-electron chi connectivity index (χ1n) is 4.60. The molecule has 1 aliphatic heterocycles. The SMILES string of the molecule is N#CCN1CCC(CC(N)=O)CC1. The standard InChI is InChI=1S/C9H15N3O/c10-3-6-12-4-1-8(2-5-12)7-9(11)13/h8H,1-2,4-7H2,(H2,11,13). The Labute approximate surface area is 78.3 Å². The molecule has 0 aromatic rings. The average Bonchev–Trinajstić information content (AvgIpc) is 2.08. The molecule has 1 heterocycles. The summed E-state index contributed by atoms with van der Waals surface area (Å²) in [5.74, 6) is 0.228. The van der Waals surface area contributed by atoms with Crippen LogP contribution < -0.4 is 5.73 Å². The molecule has 0 aromatic heterocycles. The molecule has 1 amide bonds. The third-order valence-corrected chi connectivity index (χ3v) is 2.49. The van der Waals surface area contributed by atoms with Crippen LogP contribution in [0.2, 0.25) is 0 Å². The lowest BCUT2D eigenvalue weighted by molar-refractivity contribution is -0.119. The zero-order valence-corrected chi connectivity index (χ0v) is 7.70. The molecule has 4 nitrogen and oxygen atoms in total. The summed E-state index contributed by atoms with van der Waals surface area (Å²) in [6.07, 6.45) is 2.48. The molecule has 0 spiro atoms. The summed E-state index contributed by atoms with van der Waals surface area (Å²) in [7, 11) is 0. The van der Waals surface area contributed by atoms with Crippen LogP contribution in [-0.2, 0) is 4.79 Å². The number of hydrogen-bond donors (Lipinski definition) is 1. The number of carbonyl (C=O) groups is 1. The summed E-state index contributed by atoms with van der Waals surface area (Å²) in [6, 6.07) is 2.13. The third-order valence-electron chi connectivity index (χ3n) is 2.49. The number of likely N-dealkylation sites (tertiary alicyclic amines) is 1. The van der Waals surface area contributed by atoms with Crippen molar-refractivity contribution >= 4 is 5.91 Å². The minimum absolute atomic E-state index is 0.210. The third kappa shape index (κ3) is 3.43. The van der Waals surface area contributed by atoms with E-state index in [4.69, 9.17) is 11.0 Å². The topological polar surface area (TPSA) is 70.1 Å². The van der Waals surface area contributed by atoms with Gasteiger partial charge in [-0.05, 0) is 31.8 Å². The van der Waals surface area contributed by atoms with Gasteiger partial charge in [-0.25, -0.2) is 0 Å². The molecule has 0 saturated carbocycles. The predicted molar refractivity (Wildman–Crippen MR) is 48.6 cm³/mol. The van der Waals surface area contributed by atoms with Gasteiger partial charge in [-0.3, -0.25) is 9.69 Å². The molecule has 1 saturated heterocycles. The number of nitriles is 1. The fourth-order valence-corrected chi connectivity index (χ4v) is 1.73. The van der Waals surface area contributed by atoms with Crippen molar-refractivity contribution in [3.8, 4) is 6.07 Å². The van der Waals surface area contributed by atoms with E-state index >= 15 is 0 Å². The summed E-state index contributed by atoms with van der Waals surface area (Å²) >= 11 is 0. The minimum atomic E-state index is -0.210. The van der Waals surface area contributed by atoms with E-state index in [1.54, 1.807) is 0 Å². The van der Waals surface area contributed by atoms with Gasteiger partial charge in [0.05, 0.1) is 12.6 Å². The van der Waals surface area contributed by atoms with Crippen molar-refractivity contribution < 1.29 is 4.79 Å².